The van der Waals surface area contributed by atoms with Gasteiger partial charge in [-0.2, -0.15) is 0 Å². The summed E-state index contributed by atoms with van der Waals surface area (Å²) in [6.07, 6.45) is 2.86. The summed E-state index contributed by atoms with van der Waals surface area (Å²) in [4.78, 5) is 0. The Morgan fingerprint density at radius 3 is 2.71 bits per heavy atom. The fraction of sp³-hybridized carbons (Fsp3) is 0.429. The standard InChI is InChI=1S/C14H21NO2/c1-5-6-9-15-11(2)13-10-12(16-3)7-8-14(13)17-4/h5,7-8,10-11,15H,1,6,9H2,2-4H3. The lowest BCUT2D eigenvalue weighted by Crippen LogP contribution is -2.20. The first-order chi connectivity index (χ1) is 8.22. The highest BCUT2D eigenvalue weighted by molar-refractivity contribution is 5.42. The summed E-state index contributed by atoms with van der Waals surface area (Å²) >= 11 is 0. The molecule has 1 atom stereocenters. The second-order valence-corrected chi connectivity index (χ2v) is 3.86. The Labute approximate surface area is 103 Å². The van der Waals surface area contributed by atoms with E-state index in [1.165, 1.54) is 0 Å². The zero-order valence-electron chi connectivity index (χ0n) is 10.8. The minimum Gasteiger partial charge on any atom is -0.497 e. The van der Waals surface area contributed by atoms with Crippen LogP contribution in [0.1, 0.15) is 24.9 Å². The molecule has 1 rings (SSSR count). The summed E-state index contributed by atoms with van der Waals surface area (Å²) < 4.78 is 10.6. The third-order valence-electron chi connectivity index (χ3n) is 2.70. The van der Waals surface area contributed by atoms with Crippen LogP contribution in [0, 0.1) is 0 Å². The molecule has 0 saturated heterocycles. The Morgan fingerprint density at radius 1 is 1.35 bits per heavy atom. The molecule has 1 aromatic carbocycles. The molecule has 1 unspecified atom stereocenters. The molecule has 0 aliphatic carbocycles. The van der Waals surface area contributed by atoms with Gasteiger partial charge in [-0.15, -0.1) is 6.58 Å². The Morgan fingerprint density at radius 2 is 2.12 bits per heavy atom. The maximum Gasteiger partial charge on any atom is 0.123 e. The minimum atomic E-state index is 0.222. The third kappa shape index (κ3) is 3.79. The Balaban J connectivity index is 2.81. The van der Waals surface area contributed by atoms with Crippen molar-refractivity contribution in [2.75, 3.05) is 20.8 Å². The number of rotatable bonds is 7. The maximum atomic E-state index is 5.36. The van der Waals surface area contributed by atoms with Crippen molar-refractivity contribution in [2.45, 2.75) is 19.4 Å². The SMILES string of the molecule is C=CCCNC(C)c1cc(OC)ccc1OC. The van der Waals surface area contributed by atoms with E-state index in [1.807, 2.05) is 24.3 Å². The van der Waals surface area contributed by atoms with Gasteiger partial charge in [-0.05, 0) is 38.1 Å². The van der Waals surface area contributed by atoms with Crippen LogP contribution in [0.5, 0.6) is 11.5 Å². The topological polar surface area (TPSA) is 30.5 Å². The molecule has 1 aromatic rings. The number of benzene rings is 1. The van der Waals surface area contributed by atoms with Gasteiger partial charge in [0.15, 0.2) is 0 Å². The molecule has 1 N–H and O–H groups in total. The zero-order valence-corrected chi connectivity index (χ0v) is 10.8. The van der Waals surface area contributed by atoms with Crippen LogP contribution in [0.15, 0.2) is 30.9 Å². The highest BCUT2D eigenvalue weighted by Crippen LogP contribution is 2.29. The van der Waals surface area contributed by atoms with E-state index in [4.69, 9.17) is 9.47 Å². The molecular weight excluding hydrogens is 214 g/mol. The van der Waals surface area contributed by atoms with Crippen LogP contribution in [0.3, 0.4) is 0 Å². The van der Waals surface area contributed by atoms with Crippen LogP contribution in [-0.4, -0.2) is 20.8 Å². The largest absolute Gasteiger partial charge is 0.497 e. The normalized spacial score (nSPS) is 11.9. The number of hydrogen-bond donors (Lipinski definition) is 1. The summed E-state index contributed by atoms with van der Waals surface area (Å²) in [7, 11) is 3.35. The molecule has 0 amide bonds. The molecule has 0 saturated carbocycles. The van der Waals surface area contributed by atoms with E-state index in [9.17, 15) is 0 Å². The average Bonchev–Trinajstić information content (AvgIpc) is 2.38. The van der Waals surface area contributed by atoms with Crippen LogP contribution >= 0.6 is 0 Å². The fourth-order valence-corrected chi connectivity index (χ4v) is 1.69. The van der Waals surface area contributed by atoms with Gasteiger partial charge in [0.05, 0.1) is 14.2 Å². The Kier molecular flexibility index (Phi) is 5.57. The first-order valence-electron chi connectivity index (χ1n) is 5.79. The summed E-state index contributed by atoms with van der Waals surface area (Å²) in [5.41, 5.74) is 1.11. The van der Waals surface area contributed by atoms with Crippen molar-refractivity contribution in [1.82, 2.24) is 5.32 Å². The minimum absolute atomic E-state index is 0.222. The summed E-state index contributed by atoms with van der Waals surface area (Å²) in [5, 5.41) is 3.42. The molecule has 3 nitrogen and oxygen atoms in total. The van der Waals surface area contributed by atoms with Crippen LogP contribution in [0.2, 0.25) is 0 Å². The molecule has 94 valence electrons. The number of hydrogen-bond acceptors (Lipinski definition) is 3. The predicted molar refractivity (Wildman–Crippen MR) is 70.8 cm³/mol. The molecule has 17 heavy (non-hydrogen) atoms. The molecule has 0 bridgehead atoms. The second-order valence-electron chi connectivity index (χ2n) is 3.86. The smallest absolute Gasteiger partial charge is 0.123 e. The van der Waals surface area contributed by atoms with Gasteiger partial charge in [0.25, 0.3) is 0 Å². The first kappa shape index (κ1) is 13.6. The summed E-state index contributed by atoms with van der Waals surface area (Å²) in [6, 6.07) is 6.06. The fourth-order valence-electron chi connectivity index (χ4n) is 1.69. The van der Waals surface area contributed by atoms with E-state index in [0.717, 1.165) is 30.0 Å². The maximum absolute atomic E-state index is 5.36. The molecule has 3 heteroatoms. The van der Waals surface area contributed by atoms with Gasteiger partial charge in [-0.3, -0.25) is 0 Å². The molecular formula is C14H21NO2. The highest BCUT2D eigenvalue weighted by Gasteiger charge is 2.11. The zero-order chi connectivity index (χ0) is 12.7. The van der Waals surface area contributed by atoms with Gasteiger partial charge in [-0.1, -0.05) is 6.08 Å². The van der Waals surface area contributed by atoms with Crippen molar-refractivity contribution in [3.63, 3.8) is 0 Å². The monoisotopic (exact) mass is 235 g/mol. The van der Waals surface area contributed by atoms with Gasteiger partial charge < -0.3 is 14.8 Å². The van der Waals surface area contributed by atoms with Crippen molar-refractivity contribution in [1.29, 1.82) is 0 Å². The van der Waals surface area contributed by atoms with Crippen molar-refractivity contribution >= 4 is 0 Å². The van der Waals surface area contributed by atoms with Gasteiger partial charge in [-0.25, -0.2) is 0 Å². The predicted octanol–water partition coefficient (Wildman–Crippen LogP) is 2.93. The van der Waals surface area contributed by atoms with Crippen molar-refractivity contribution in [3.05, 3.63) is 36.4 Å². The van der Waals surface area contributed by atoms with Crippen LogP contribution in [0.4, 0.5) is 0 Å². The van der Waals surface area contributed by atoms with E-state index in [1.54, 1.807) is 14.2 Å². The second kappa shape index (κ2) is 6.97. The molecule has 0 aliphatic rings. The Hall–Kier alpha value is -1.48. The average molecular weight is 235 g/mol. The highest BCUT2D eigenvalue weighted by atomic mass is 16.5. The quantitative estimate of drug-likeness (QED) is 0.582. The van der Waals surface area contributed by atoms with Crippen LogP contribution in [0.25, 0.3) is 0 Å². The number of nitrogens with one attached hydrogen (secondary N) is 1. The lowest BCUT2D eigenvalue weighted by atomic mass is 10.1. The lowest BCUT2D eigenvalue weighted by molar-refractivity contribution is 0.392. The molecule has 0 heterocycles. The number of ether oxygens (including phenoxy) is 2. The van der Waals surface area contributed by atoms with Crippen LogP contribution < -0.4 is 14.8 Å². The van der Waals surface area contributed by atoms with Crippen molar-refractivity contribution in [2.24, 2.45) is 0 Å². The summed E-state index contributed by atoms with van der Waals surface area (Å²) in [6.45, 7) is 6.73. The van der Waals surface area contributed by atoms with E-state index in [2.05, 4.69) is 18.8 Å². The molecule has 0 fully saturated rings. The van der Waals surface area contributed by atoms with Gasteiger partial charge in [0.2, 0.25) is 0 Å². The lowest BCUT2D eigenvalue weighted by Gasteiger charge is -2.17. The van der Waals surface area contributed by atoms with E-state index < -0.39 is 0 Å². The van der Waals surface area contributed by atoms with E-state index in [0.29, 0.717) is 0 Å². The Bertz CT molecular complexity index is 363. The third-order valence-corrected chi connectivity index (χ3v) is 2.70. The van der Waals surface area contributed by atoms with Gasteiger partial charge >= 0.3 is 0 Å². The van der Waals surface area contributed by atoms with Crippen molar-refractivity contribution in [3.8, 4) is 11.5 Å². The van der Waals surface area contributed by atoms with E-state index >= 15 is 0 Å². The molecule has 0 aromatic heterocycles. The van der Waals surface area contributed by atoms with Gasteiger partial charge in [0, 0.05) is 11.6 Å². The molecule has 0 radical (unpaired) electrons. The molecule has 0 spiro atoms. The molecule has 0 aliphatic heterocycles. The van der Waals surface area contributed by atoms with Gasteiger partial charge in [0.1, 0.15) is 11.5 Å². The first-order valence-corrected chi connectivity index (χ1v) is 5.79. The van der Waals surface area contributed by atoms with Crippen LogP contribution in [-0.2, 0) is 0 Å². The van der Waals surface area contributed by atoms with E-state index in [-0.39, 0.29) is 6.04 Å². The number of methoxy groups -OCH3 is 2. The van der Waals surface area contributed by atoms with Crippen molar-refractivity contribution < 1.29 is 9.47 Å². The summed E-state index contributed by atoms with van der Waals surface area (Å²) in [5.74, 6) is 1.72.